The fourth-order valence-electron chi connectivity index (χ4n) is 2.47. The maximum atomic E-state index is 14.0. The summed E-state index contributed by atoms with van der Waals surface area (Å²) in [6.07, 6.45) is -17.0. The highest BCUT2D eigenvalue weighted by molar-refractivity contribution is 4.92. The molecule has 2 saturated heterocycles. The third-order valence-corrected chi connectivity index (χ3v) is 3.92. The number of rotatable bonds is 4. The van der Waals surface area contributed by atoms with E-state index in [4.69, 9.17) is 24.4 Å². The number of hydrogen-bond acceptors (Lipinski definition) is 10. The van der Waals surface area contributed by atoms with Crippen molar-refractivity contribution in [1.82, 2.24) is 0 Å². The van der Waals surface area contributed by atoms with E-state index in [1.165, 1.54) is 0 Å². The Morgan fingerprint density at radius 1 is 0.696 bits per heavy atom. The minimum Gasteiger partial charge on any atom is -0.394 e. The van der Waals surface area contributed by atoms with E-state index in [1.807, 2.05) is 0 Å². The second-order valence-electron chi connectivity index (χ2n) is 5.48. The van der Waals surface area contributed by atoms with Crippen LogP contribution >= 0.6 is 0 Å². The second-order valence-corrected chi connectivity index (χ2v) is 5.48. The summed E-state index contributed by atoms with van der Waals surface area (Å²) >= 11 is 0. The van der Waals surface area contributed by atoms with Crippen molar-refractivity contribution in [2.75, 3.05) is 13.2 Å². The topological polar surface area (TPSA) is 169 Å². The van der Waals surface area contributed by atoms with Crippen LogP contribution < -0.4 is 0 Å². The van der Waals surface area contributed by atoms with Gasteiger partial charge in [-0.15, -0.1) is 0 Å². The van der Waals surface area contributed by atoms with Crippen molar-refractivity contribution < 1.29 is 54.3 Å². The fraction of sp³-hybridized carbons (Fsp3) is 1.00. The molecule has 2 aliphatic heterocycles. The van der Waals surface area contributed by atoms with Crippen LogP contribution in [0.2, 0.25) is 0 Å². The van der Waals surface area contributed by atoms with Crippen molar-refractivity contribution in [3.05, 3.63) is 0 Å². The van der Waals surface area contributed by atoms with Crippen molar-refractivity contribution in [3.63, 3.8) is 0 Å². The van der Waals surface area contributed by atoms with Crippen LogP contribution in [-0.2, 0) is 14.2 Å². The van der Waals surface area contributed by atoms with Gasteiger partial charge in [0, 0.05) is 0 Å². The van der Waals surface area contributed by atoms with Gasteiger partial charge in [-0.3, -0.25) is 0 Å². The summed E-state index contributed by atoms with van der Waals surface area (Å²) in [6, 6.07) is 0. The van der Waals surface area contributed by atoms with Gasteiger partial charge in [-0.05, 0) is 0 Å². The first-order chi connectivity index (χ1) is 10.8. The van der Waals surface area contributed by atoms with Crippen LogP contribution in [0.15, 0.2) is 0 Å². The minimum absolute atomic E-state index is 0.698. The minimum atomic E-state index is -2.22. The van der Waals surface area contributed by atoms with Crippen molar-refractivity contribution in [2.45, 2.75) is 61.5 Å². The van der Waals surface area contributed by atoms with Gasteiger partial charge in [0.1, 0.15) is 42.7 Å². The third-order valence-electron chi connectivity index (χ3n) is 3.92. The molecule has 23 heavy (non-hydrogen) atoms. The van der Waals surface area contributed by atoms with Gasteiger partial charge in [0.25, 0.3) is 0 Å². The molecule has 2 heterocycles. The Hall–Kier alpha value is -0.470. The zero-order valence-electron chi connectivity index (χ0n) is 11.9. The average molecular weight is 344 g/mol. The molecule has 0 spiro atoms. The molecule has 7 N–H and O–H groups in total. The van der Waals surface area contributed by atoms with Gasteiger partial charge < -0.3 is 50.0 Å². The molecule has 10 nitrogen and oxygen atoms in total. The van der Waals surface area contributed by atoms with E-state index in [1.54, 1.807) is 0 Å². The van der Waals surface area contributed by atoms with Gasteiger partial charge in [0.15, 0.2) is 18.8 Å². The first-order valence-electron chi connectivity index (χ1n) is 7.04. The molecule has 0 bridgehead atoms. The van der Waals surface area contributed by atoms with Crippen LogP contribution in [-0.4, -0.2) is 110 Å². The van der Waals surface area contributed by atoms with Crippen LogP contribution in [0.4, 0.5) is 4.39 Å². The smallest absolute Gasteiger partial charge is 0.195 e. The molecule has 0 amide bonds. The van der Waals surface area contributed by atoms with E-state index < -0.39 is 74.7 Å². The maximum absolute atomic E-state index is 14.0. The Morgan fingerprint density at radius 3 is 1.70 bits per heavy atom. The quantitative estimate of drug-likeness (QED) is 0.264. The van der Waals surface area contributed by atoms with Crippen molar-refractivity contribution in [1.29, 1.82) is 0 Å². The molecule has 11 heteroatoms. The summed E-state index contributed by atoms with van der Waals surface area (Å²) in [4.78, 5) is 0. The molecular formula is C12H21FO10. The number of ether oxygens (including phenoxy) is 3. The lowest BCUT2D eigenvalue weighted by Crippen LogP contribution is -2.63. The Kier molecular flexibility index (Phi) is 6.24. The molecule has 0 aliphatic carbocycles. The van der Waals surface area contributed by atoms with E-state index >= 15 is 0 Å². The molecule has 2 fully saturated rings. The lowest BCUT2D eigenvalue weighted by atomic mass is 9.98. The number of halogens is 1. The number of alkyl halides is 1. The molecular weight excluding hydrogens is 323 g/mol. The lowest BCUT2D eigenvalue weighted by Gasteiger charge is -2.43. The Bertz CT molecular complexity index is 349. The molecule has 2 rings (SSSR count). The van der Waals surface area contributed by atoms with Crippen LogP contribution in [0.5, 0.6) is 0 Å². The molecule has 0 radical (unpaired) electrons. The second kappa shape index (κ2) is 7.61. The van der Waals surface area contributed by atoms with Crippen molar-refractivity contribution in [3.8, 4) is 0 Å². The summed E-state index contributed by atoms with van der Waals surface area (Å²) in [5.41, 5.74) is 0. The Balaban J connectivity index is 2.07. The summed E-state index contributed by atoms with van der Waals surface area (Å²) in [5.74, 6) is 0. The average Bonchev–Trinajstić information content (AvgIpc) is 2.55. The van der Waals surface area contributed by atoms with E-state index in [0.29, 0.717) is 0 Å². The van der Waals surface area contributed by atoms with Gasteiger partial charge in [-0.2, -0.15) is 0 Å². The standard InChI is InChI=1S/C12H21FO10/c13-5-8(18)6(16)3(1-14)21-11(5)23-12-10(20)9(19)7(17)4(2-15)22-12/h3-12,14-20H,1-2H2/t3?,4?,5?,6-,7-,8-,9-,10?,11-,12-/m1/s1. The zero-order valence-corrected chi connectivity index (χ0v) is 11.9. The summed E-state index contributed by atoms with van der Waals surface area (Å²) < 4.78 is 29.0. The van der Waals surface area contributed by atoms with E-state index in [0.717, 1.165) is 0 Å². The molecule has 0 aromatic carbocycles. The van der Waals surface area contributed by atoms with Gasteiger partial charge in [0.2, 0.25) is 0 Å². The van der Waals surface area contributed by atoms with Crippen molar-refractivity contribution >= 4 is 0 Å². The van der Waals surface area contributed by atoms with Crippen molar-refractivity contribution in [2.24, 2.45) is 0 Å². The predicted molar refractivity (Wildman–Crippen MR) is 67.5 cm³/mol. The molecule has 0 saturated carbocycles. The predicted octanol–water partition coefficient (Wildman–Crippen LogP) is -4.42. The number of hydrogen-bond donors (Lipinski definition) is 7. The van der Waals surface area contributed by atoms with Gasteiger partial charge in [-0.1, -0.05) is 0 Å². The third kappa shape index (κ3) is 3.64. The van der Waals surface area contributed by atoms with E-state index in [9.17, 15) is 29.9 Å². The molecule has 10 atom stereocenters. The zero-order chi connectivity index (χ0) is 17.3. The monoisotopic (exact) mass is 344 g/mol. The molecule has 2 aliphatic rings. The van der Waals surface area contributed by atoms with Gasteiger partial charge in [0.05, 0.1) is 13.2 Å². The SMILES string of the molecule is OCC1O[C@H](O[C@H]2OC(CO)[C@@H](O)[C@@H](O)C2O)C(F)[C@@H](O)[C@@H]1O. The van der Waals surface area contributed by atoms with Gasteiger partial charge in [-0.25, -0.2) is 4.39 Å². The highest BCUT2D eigenvalue weighted by atomic mass is 19.1. The largest absolute Gasteiger partial charge is 0.394 e. The first-order valence-corrected chi connectivity index (χ1v) is 7.04. The first kappa shape index (κ1) is 18.9. The summed E-state index contributed by atoms with van der Waals surface area (Å²) in [5, 5.41) is 66.2. The Morgan fingerprint density at radius 2 is 1.17 bits per heavy atom. The molecule has 0 aromatic rings. The van der Waals surface area contributed by atoms with E-state index in [-0.39, 0.29) is 0 Å². The highest BCUT2D eigenvalue weighted by Gasteiger charge is 2.50. The summed E-state index contributed by atoms with van der Waals surface area (Å²) in [6.45, 7) is -1.42. The van der Waals surface area contributed by atoms with Crippen LogP contribution in [0.25, 0.3) is 0 Å². The lowest BCUT2D eigenvalue weighted by molar-refractivity contribution is -0.370. The van der Waals surface area contributed by atoms with Gasteiger partial charge >= 0.3 is 0 Å². The number of aliphatic hydroxyl groups excluding tert-OH is 7. The highest BCUT2D eigenvalue weighted by Crippen LogP contribution is 2.29. The van der Waals surface area contributed by atoms with E-state index in [2.05, 4.69) is 0 Å². The Labute approximate surface area is 130 Å². The summed E-state index contributed by atoms with van der Waals surface area (Å²) in [7, 11) is 0. The fourth-order valence-corrected chi connectivity index (χ4v) is 2.47. The number of aliphatic hydroxyl groups is 7. The maximum Gasteiger partial charge on any atom is 0.195 e. The van der Waals surface area contributed by atoms with Crippen LogP contribution in [0.1, 0.15) is 0 Å². The van der Waals surface area contributed by atoms with Crippen LogP contribution in [0.3, 0.4) is 0 Å². The molecule has 4 unspecified atom stereocenters. The normalized spacial score (nSPS) is 51.7. The molecule has 0 aromatic heterocycles. The van der Waals surface area contributed by atoms with Crippen LogP contribution in [0, 0.1) is 0 Å². The molecule has 136 valence electrons.